The van der Waals surface area contributed by atoms with Crippen LogP contribution in [0, 0.1) is 5.92 Å². The predicted molar refractivity (Wildman–Crippen MR) is 55.2 cm³/mol. The Labute approximate surface area is 89.0 Å². The van der Waals surface area contributed by atoms with Crippen LogP contribution in [0.25, 0.3) is 0 Å². The molecule has 1 aliphatic rings. The van der Waals surface area contributed by atoms with Gasteiger partial charge >= 0.3 is 5.97 Å². The van der Waals surface area contributed by atoms with Crippen molar-refractivity contribution in [2.24, 2.45) is 11.7 Å². The van der Waals surface area contributed by atoms with E-state index in [9.17, 15) is 9.59 Å². The molecule has 5 heteroatoms. The first-order valence-corrected chi connectivity index (χ1v) is 5.34. The van der Waals surface area contributed by atoms with Gasteiger partial charge in [0.1, 0.15) is 6.04 Å². The topological polar surface area (TPSA) is 92.4 Å². The normalized spacial score (nSPS) is 17.1. The molecule has 1 atom stereocenters. The van der Waals surface area contributed by atoms with Gasteiger partial charge in [0.15, 0.2) is 0 Å². The first-order valence-electron chi connectivity index (χ1n) is 5.34. The van der Waals surface area contributed by atoms with E-state index in [4.69, 9.17) is 10.8 Å². The number of carbonyl (C=O) groups excluding carboxylic acids is 1. The van der Waals surface area contributed by atoms with E-state index < -0.39 is 12.0 Å². The van der Waals surface area contributed by atoms with Crippen LogP contribution >= 0.6 is 0 Å². The molecule has 1 saturated carbocycles. The molecular formula is C10H18N2O3. The molecule has 1 amide bonds. The summed E-state index contributed by atoms with van der Waals surface area (Å²) in [4.78, 5) is 21.6. The van der Waals surface area contributed by atoms with E-state index in [-0.39, 0.29) is 5.91 Å². The molecule has 0 aliphatic heterocycles. The summed E-state index contributed by atoms with van der Waals surface area (Å²) in [5.41, 5.74) is 5.31. The average Bonchev–Trinajstić information content (AvgIpc) is 2.95. The van der Waals surface area contributed by atoms with Crippen molar-refractivity contribution >= 4 is 11.9 Å². The second-order valence-corrected chi connectivity index (χ2v) is 4.08. The molecular weight excluding hydrogens is 196 g/mol. The highest BCUT2D eigenvalue weighted by Gasteiger charge is 2.23. The maximum atomic E-state index is 11.2. The number of nitrogens with two attached hydrogens (primary N) is 1. The molecule has 1 fully saturated rings. The number of hydrogen-bond donors (Lipinski definition) is 3. The number of carbonyl (C=O) groups is 2. The van der Waals surface area contributed by atoms with Crippen LogP contribution in [0.2, 0.25) is 0 Å². The molecule has 86 valence electrons. The summed E-state index contributed by atoms with van der Waals surface area (Å²) >= 11 is 0. The minimum absolute atomic E-state index is 0.0707. The zero-order valence-corrected chi connectivity index (χ0v) is 8.74. The minimum atomic E-state index is -0.987. The Morgan fingerprint density at radius 1 is 1.47 bits per heavy atom. The summed E-state index contributed by atoms with van der Waals surface area (Å²) in [6, 6.07) is -0.815. The van der Waals surface area contributed by atoms with E-state index >= 15 is 0 Å². The monoisotopic (exact) mass is 214 g/mol. The van der Waals surface area contributed by atoms with Crippen molar-refractivity contribution in [3.05, 3.63) is 0 Å². The fourth-order valence-corrected chi connectivity index (χ4v) is 1.33. The molecule has 1 rings (SSSR count). The van der Waals surface area contributed by atoms with Gasteiger partial charge in [0.25, 0.3) is 0 Å². The van der Waals surface area contributed by atoms with Gasteiger partial charge in [-0.1, -0.05) is 0 Å². The van der Waals surface area contributed by atoms with E-state index in [0.29, 0.717) is 31.7 Å². The second-order valence-electron chi connectivity index (χ2n) is 4.08. The maximum Gasteiger partial charge on any atom is 0.320 e. The number of rotatable bonds is 7. The molecule has 0 spiro atoms. The van der Waals surface area contributed by atoms with Crippen molar-refractivity contribution in [1.82, 2.24) is 5.32 Å². The summed E-state index contributed by atoms with van der Waals surface area (Å²) in [6.45, 7) is 0.520. The molecule has 0 saturated heterocycles. The number of carboxylic acids is 1. The van der Waals surface area contributed by atoms with E-state index in [2.05, 4.69) is 5.32 Å². The van der Waals surface area contributed by atoms with Gasteiger partial charge in [0.05, 0.1) is 0 Å². The quantitative estimate of drug-likeness (QED) is 0.524. The fourth-order valence-electron chi connectivity index (χ4n) is 1.33. The first kappa shape index (κ1) is 12.0. The van der Waals surface area contributed by atoms with Gasteiger partial charge in [-0.15, -0.1) is 0 Å². The van der Waals surface area contributed by atoms with Crippen molar-refractivity contribution in [1.29, 1.82) is 0 Å². The van der Waals surface area contributed by atoms with Crippen molar-refractivity contribution in [2.45, 2.75) is 38.1 Å². The lowest BCUT2D eigenvalue weighted by Gasteiger charge is -2.07. The molecule has 0 aromatic carbocycles. The van der Waals surface area contributed by atoms with E-state index in [0.717, 1.165) is 12.8 Å². The van der Waals surface area contributed by atoms with Gasteiger partial charge in [-0.05, 0) is 31.6 Å². The number of hydrogen-bond acceptors (Lipinski definition) is 3. The lowest BCUT2D eigenvalue weighted by Crippen LogP contribution is -2.32. The first-order chi connectivity index (χ1) is 7.09. The van der Waals surface area contributed by atoms with Crippen LogP contribution in [0.5, 0.6) is 0 Å². The molecule has 4 N–H and O–H groups in total. The number of aliphatic carboxylic acids is 1. The Morgan fingerprint density at radius 2 is 2.13 bits per heavy atom. The average molecular weight is 214 g/mol. The SMILES string of the molecule is NC(CCCNC(=O)CC1CC1)C(=O)O. The van der Waals surface area contributed by atoms with Gasteiger partial charge < -0.3 is 16.2 Å². The summed E-state index contributed by atoms with van der Waals surface area (Å²) in [6.07, 6.45) is 3.96. The summed E-state index contributed by atoms with van der Waals surface area (Å²) in [5.74, 6) is -0.327. The molecule has 0 radical (unpaired) electrons. The van der Waals surface area contributed by atoms with Crippen LogP contribution in [-0.4, -0.2) is 29.6 Å². The molecule has 1 unspecified atom stereocenters. The lowest BCUT2D eigenvalue weighted by atomic mass is 10.1. The van der Waals surface area contributed by atoms with Gasteiger partial charge in [-0.2, -0.15) is 0 Å². The largest absolute Gasteiger partial charge is 0.480 e. The third-order valence-corrected chi connectivity index (χ3v) is 2.50. The molecule has 5 nitrogen and oxygen atoms in total. The molecule has 0 bridgehead atoms. The zero-order chi connectivity index (χ0) is 11.3. The van der Waals surface area contributed by atoms with Crippen LogP contribution in [0.4, 0.5) is 0 Å². The van der Waals surface area contributed by atoms with Crippen molar-refractivity contribution < 1.29 is 14.7 Å². The fraction of sp³-hybridized carbons (Fsp3) is 0.800. The van der Waals surface area contributed by atoms with Gasteiger partial charge in [0.2, 0.25) is 5.91 Å². The summed E-state index contributed by atoms with van der Waals surface area (Å²) in [5, 5.41) is 11.3. The highest BCUT2D eigenvalue weighted by atomic mass is 16.4. The number of amides is 1. The lowest BCUT2D eigenvalue weighted by molar-refractivity contribution is -0.138. The zero-order valence-electron chi connectivity index (χ0n) is 8.74. The maximum absolute atomic E-state index is 11.2. The molecule has 0 aromatic rings. The molecule has 0 aromatic heterocycles. The van der Waals surface area contributed by atoms with Crippen molar-refractivity contribution in [3.8, 4) is 0 Å². The third-order valence-electron chi connectivity index (χ3n) is 2.50. The minimum Gasteiger partial charge on any atom is -0.480 e. The third kappa shape index (κ3) is 5.37. The van der Waals surface area contributed by atoms with Crippen LogP contribution in [-0.2, 0) is 9.59 Å². The number of carboxylic acid groups (broad SMARTS) is 1. The van der Waals surface area contributed by atoms with Crippen LogP contribution in [0.1, 0.15) is 32.1 Å². The Morgan fingerprint density at radius 3 is 2.67 bits per heavy atom. The smallest absolute Gasteiger partial charge is 0.320 e. The Bertz CT molecular complexity index is 239. The predicted octanol–water partition coefficient (Wildman–Crippen LogP) is 0.0948. The van der Waals surface area contributed by atoms with Crippen molar-refractivity contribution in [3.63, 3.8) is 0 Å². The van der Waals surface area contributed by atoms with Gasteiger partial charge in [-0.25, -0.2) is 0 Å². The second kappa shape index (κ2) is 5.70. The van der Waals surface area contributed by atoms with Crippen LogP contribution in [0.3, 0.4) is 0 Å². The van der Waals surface area contributed by atoms with Crippen LogP contribution in [0.15, 0.2) is 0 Å². The Hall–Kier alpha value is -1.10. The summed E-state index contributed by atoms with van der Waals surface area (Å²) in [7, 11) is 0. The number of nitrogens with one attached hydrogen (secondary N) is 1. The van der Waals surface area contributed by atoms with E-state index in [1.54, 1.807) is 0 Å². The van der Waals surface area contributed by atoms with Gasteiger partial charge in [0, 0.05) is 13.0 Å². The summed E-state index contributed by atoms with van der Waals surface area (Å²) < 4.78 is 0. The van der Waals surface area contributed by atoms with E-state index in [1.165, 1.54) is 0 Å². The van der Waals surface area contributed by atoms with Crippen molar-refractivity contribution in [2.75, 3.05) is 6.54 Å². The highest BCUT2D eigenvalue weighted by molar-refractivity contribution is 5.76. The van der Waals surface area contributed by atoms with E-state index in [1.807, 2.05) is 0 Å². The van der Waals surface area contributed by atoms with Gasteiger partial charge in [-0.3, -0.25) is 9.59 Å². The Balaban J connectivity index is 1.95. The van der Waals surface area contributed by atoms with Crippen LogP contribution < -0.4 is 11.1 Å². The molecule has 1 aliphatic carbocycles. The Kier molecular flexibility index (Phi) is 4.55. The molecule has 0 heterocycles. The highest BCUT2D eigenvalue weighted by Crippen LogP contribution is 2.31. The standard InChI is InChI=1S/C10H18N2O3/c11-8(10(14)15)2-1-5-12-9(13)6-7-3-4-7/h7-8H,1-6,11H2,(H,12,13)(H,14,15). The molecule has 15 heavy (non-hydrogen) atoms.